The third-order valence-corrected chi connectivity index (χ3v) is 5.65. The van der Waals surface area contributed by atoms with E-state index in [-0.39, 0.29) is 25.0 Å². The number of halogens is 2. The molecule has 2 aliphatic heterocycles. The second-order valence-electron chi connectivity index (χ2n) is 7.82. The van der Waals surface area contributed by atoms with Crippen molar-refractivity contribution in [3.05, 3.63) is 36.7 Å². The van der Waals surface area contributed by atoms with Crippen LogP contribution in [0, 0.1) is 0 Å². The van der Waals surface area contributed by atoms with Gasteiger partial charge < -0.3 is 14.8 Å². The first-order valence-corrected chi connectivity index (χ1v) is 10.3. The quantitative estimate of drug-likeness (QED) is 0.622. The third kappa shape index (κ3) is 3.95. The molecule has 162 valence electrons. The third-order valence-electron chi connectivity index (χ3n) is 5.65. The zero-order valence-electron chi connectivity index (χ0n) is 16.9. The molecule has 0 amide bonds. The summed E-state index contributed by atoms with van der Waals surface area (Å²) in [5, 5.41) is 18.1. The van der Waals surface area contributed by atoms with E-state index in [1.165, 1.54) is 0 Å². The lowest BCUT2D eigenvalue weighted by molar-refractivity contribution is -0.0195. The van der Waals surface area contributed by atoms with E-state index in [2.05, 4.69) is 30.7 Å². The van der Waals surface area contributed by atoms with Gasteiger partial charge in [0.25, 0.3) is 5.92 Å². The van der Waals surface area contributed by atoms with Crippen molar-refractivity contribution in [3.8, 4) is 34.3 Å². The van der Waals surface area contributed by atoms with E-state index in [0.717, 1.165) is 11.1 Å². The van der Waals surface area contributed by atoms with Crippen LogP contribution in [0.25, 0.3) is 22.5 Å². The number of ether oxygens (including phenoxy) is 2. The standard InChI is InChI=1S/C21H22F2N6O2/c1-2-30-20-15(12-10-24-25-11-12)3-4-16(27-20)17-5-6-19(29-28-17)31-14-7-13-9-21(22,23)18(8-14)26-13/h3-6,10-11,13-14,18,26H,2,7-9H2,1H3,(H,24,25). The molecule has 2 N–H and O–H groups in total. The van der Waals surface area contributed by atoms with Crippen LogP contribution in [0.2, 0.25) is 0 Å². The molecular formula is C21H22F2N6O2. The predicted molar refractivity (Wildman–Crippen MR) is 108 cm³/mol. The van der Waals surface area contributed by atoms with Gasteiger partial charge in [-0.05, 0) is 31.5 Å². The van der Waals surface area contributed by atoms with Crippen molar-refractivity contribution in [2.75, 3.05) is 6.61 Å². The minimum Gasteiger partial charge on any atom is -0.478 e. The molecule has 0 saturated carbocycles. The van der Waals surface area contributed by atoms with E-state index in [4.69, 9.17) is 9.47 Å². The number of H-pyrrole nitrogens is 1. The highest BCUT2D eigenvalue weighted by Gasteiger charge is 2.53. The van der Waals surface area contributed by atoms with E-state index in [9.17, 15) is 8.78 Å². The summed E-state index contributed by atoms with van der Waals surface area (Å²) in [4.78, 5) is 4.58. The number of hydrogen-bond acceptors (Lipinski definition) is 7. The van der Waals surface area contributed by atoms with Gasteiger partial charge in [-0.15, -0.1) is 10.2 Å². The van der Waals surface area contributed by atoms with Crippen LogP contribution in [0.15, 0.2) is 36.7 Å². The van der Waals surface area contributed by atoms with Gasteiger partial charge in [-0.3, -0.25) is 5.10 Å². The molecule has 5 heterocycles. The van der Waals surface area contributed by atoms with Crippen molar-refractivity contribution < 1.29 is 18.3 Å². The summed E-state index contributed by atoms with van der Waals surface area (Å²) in [6, 6.07) is 6.12. The SMILES string of the molecule is CCOc1nc(-c2ccc(OC3CC4CC(F)(F)C(C3)N4)nn2)ccc1-c1cn[nH]c1. The van der Waals surface area contributed by atoms with Gasteiger partial charge in [-0.1, -0.05) is 0 Å². The number of pyridine rings is 1. The molecular weight excluding hydrogens is 406 g/mol. The van der Waals surface area contributed by atoms with Crippen LogP contribution < -0.4 is 14.8 Å². The highest BCUT2D eigenvalue weighted by Crippen LogP contribution is 2.40. The Morgan fingerprint density at radius 2 is 2.00 bits per heavy atom. The van der Waals surface area contributed by atoms with Crippen molar-refractivity contribution in [2.24, 2.45) is 0 Å². The molecule has 2 aliphatic rings. The van der Waals surface area contributed by atoms with E-state index in [1.54, 1.807) is 24.5 Å². The van der Waals surface area contributed by atoms with Gasteiger partial charge in [0.15, 0.2) is 0 Å². The minimum atomic E-state index is -2.68. The van der Waals surface area contributed by atoms with Gasteiger partial charge in [0.2, 0.25) is 11.8 Å². The Hall–Kier alpha value is -3.14. The molecule has 0 radical (unpaired) electrons. The molecule has 3 aromatic rings. The average Bonchev–Trinajstić information content (AvgIpc) is 3.35. The highest BCUT2D eigenvalue weighted by molar-refractivity contribution is 5.70. The van der Waals surface area contributed by atoms with E-state index >= 15 is 0 Å². The summed E-state index contributed by atoms with van der Waals surface area (Å²) < 4.78 is 39.3. The number of aromatic nitrogens is 5. The first-order chi connectivity index (χ1) is 15.0. The zero-order chi connectivity index (χ0) is 21.4. The second-order valence-corrected chi connectivity index (χ2v) is 7.82. The van der Waals surface area contributed by atoms with E-state index in [1.807, 2.05) is 19.1 Å². The Kier molecular flexibility index (Phi) is 5.01. The second kappa shape index (κ2) is 7.84. The topological polar surface area (TPSA) is 97.8 Å². The highest BCUT2D eigenvalue weighted by atomic mass is 19.3. The number of rotatable bonds is 6. The molecule has 3 atom stereocenters. The van der Waals surface area contributed by atoms with Crippen LogP contribution in [0.1, 0.15) is 26.2 Å². The predicted octanol–water partition coefficient (Wildman–Crippen LogP) is 3.23. The molecule has 31 heavy (non-hydrogen) atoms. The Labute approximate surface area is 177 Å². The fourth-order valence-electron chi connectivity index (χ4n) is 4.24. The van der Waals surface area contributed by atoms with Gasteiger partial charge in [-0.2, -0.15) is 5.10 Å². The minimum absolute atomic E-state index is 0.134. The van der Waals surface area contributed by atoms with E-state index in [0.29, 0.717) is 36.2 Å². The largest absolute Gasteiger partial charge is 0.478 e. The Bertz CT molecular complexity index is 1040. The molecule has 0 aliphatic carbocycles. The normalized spacial score (nSPS) is 24.2. The Morgan fingerprint density at radius 1 is 1.13 bits per heavy atom. The van der Waals surface area contributed by atoms with Crippen molar-refractivity contribution in [2.45, 2.75) is 50.3 Å². The molecule has 2 fully saturated rings. The summed E-state index contributed by atoms with van der Waals surface area (Å²) in [5.41, 5.74) is 2.86. The zero-order valence-corrected chi connectivity index (χ0v) is 16.9. The fraction of sp³-hybridized carbons (Fsp3) is 0.429. The molecule has 10 heteroatoms. The number of hydrogen-bond donors (Lipinski definition) is 2. The molecule has 8 nitrogen and oxygen atoms in total. The molecule has 3 aromatic heterocycles. The van der Waals surface area contributed by atoms with Crippen molar-refractivity contribution >= 4 is 0 Å². The smallest absolute Gasteiger partial charge is 0.264 e. The van der Waals surface area contributed by atoms with Crippen molar-refractivity contribution in [1.29, 1.82) is 0 Å². The number of fused-ring (bicyclic) bond motifs is 2. The lowest BCUT2D eigenvalue weighted by Gasteiger charge is -2.29. The molecule has 2 saturated heterocycles. The lowest BCUT2D eigenvalue weighted by atomic mass is 10.0. The van der Waals surface area contributed by atoms with Crippen molar-refractivity contribution in [1.82, 2.24) is 30.7 Å². The van der Waals surface area contributed by atoms with E-state index < -0.39 is 12.0 Å². The van der Waals surface area contributed by atoms with Crippen LogP contribution in [-0.2, 0) is 0 Å². The van der Waals surface area contributed by atoms with Gasteiger partial charge in [-0.25, -0.2) is 13.8 Å². The molecule has 0 aromatic carbocycles. The van der Waals surface area contributed by atoms with Crippen LogP contribution in [0.3, 0.4) is 0 Å². The maximum atomic E-state index is 13.9. The molecule has 3 unspecified atom stereocenters. The number of nitrogens with zero attached hydrogens (tertiary/aromatic N) is 4. The number of alkyl halides is 2. The van der Waals surface area contributed by atoms with Gasteiger partial charge in [0, 0.05) is 42.3 Å². The number of aromatic amines is 1. The summed E-state index contributed by atoms with van der Waals surface area (Å²) in [5.74, 6) is -1.88. The molecule has 2 bridgehead atoms. The maximum Gasteiger partial charge on any atom is 0.264 e. The Morgan fingerprint density at radius 3 is 2.71 bits per heavy atom. The number of nitrogens with one attached hydrogen (secondary N) is 2. The van der Waals surface area contributed by atoms with Crippen LogP contribution in [-0.4, -0.2) is 56.1 Å². The van der Waals surface area contributed by atoms with Crippen LogP contribution in [0.4, 0.5) is 8.78 Å². The van der Waals surface area contributed by atoms with Gasteiger partial charge in [0.05, 0.1) is 24.5 Å². The first kappa shape index (κ1) is 19.8. The maximum absolute atomic E-state index is 13.9. The monoisotopic (exact) mass is 428 g/mol. The van der Waals surface area contributed by atoms with Crippen LogP contribution >= 0.6 is 0 Å². The summed E-state index contributed by atoms with van der Waals surface area (Å²) in [7, 11) is 0. The molecule has 5 rings (SSSR count). The fourth-order valence-corrected chi connectivity index (χ4v) is 4.24. The average molecular weight is 428 g/mol. The number of piperidine rings is 1. The van der Waals surface area contributed by atoms with Crippen LogP contribution in [0.5, 0.6) is 11.8 Å². The molecule has 0 spiro atoms. The summed E-state index contributed by atoms with van der Waals surface area (Å²) in [6.45, 7) is 2.36. The van der Waals surface area contributed by atoms with Crippen molar-refractivity contribution in [3.63, 3.8) is 0 Å². The van der Waals surface area contributed by atoms with Gasteiger partial charge >= 0.3 is 0 Å². The summed E-state index contributed by atoms with van der Waals surface area (Å²) in [6.07, 6.45) is 3.82. The first-order valence-electron chi connectivity index (χ1n) is 10.3. The summed E-state index contributed by atoms with van der Waals surface area (Å²) >= 11 is 0. The Balaban J connectivity index is 1.32. The van der Waals surface area contributed by atoms with Gasteiger partial charge in [0.1, 0.15) is 11.8 Å². The lowest BCUT2D eigenvalue weighted by Crippen LogP contribution is -2.46.